The van der Waals surface area contributed by atoms with Crippen molar-refractivity contribution in [1.82, 2.24) is 0 Å². The number of ether oxygens (including phenoxy) is 3. The fraction of sp³-hybridized carbons (Fsp3) is 0.300. The van der Waals surface area contributed by atoms with E-state index in [2.05, 4.69) is 5.32 Å². The molecule has 0 aromatic heterocycles. The molecular formula is C20H23NO5. The number of rotatable bonds is 7. The van der Waals surface area contributed by atoms with Gasteiger partial charge in [0.15, 0.2) is 6.10 Å². The molecule has 0 radical (unpaired) electrons. The second-order valence-electron chi connectivity index (χ2n) is 5.96. The molecule has 0 fully saturated rings. The van der Waals surface area contributed by atoms with Crippen LogP contribution in [0.25, 0.3) is 0 Å². The topological polar surface area (TPSA) is 73.9 Å². The number of anilines is 1. The summed E-state index contributed by atoms with van der Waals surface area (Å²) in [6.07, 6.45) is -0.939. The average Bonchev–Trinajstić information content (AvgIpc) is 2.61. The number of amides is 1. The predicted octanol–water partition coefficient (Wildman–Crippen LogP) is 3.67. The largest absolute Gasteiger partial charge is 0.497 e. The molecule has 0 saturated heterocycles. The first-order valence-electron chi connectivity index (χ1n) is 8.31. The lowest BCUT2D eigenvalue weighted by molar-refractivity contribution is -0.122. The minimum atomic E-state index is -0.728. The molecule has 1 atom stereocenters. The molecule has 2 rings (SSSR count). The number of hydrogen-bond acceptors (Lipinski definition) is 5. The van der Waals surface area contributed by atoms with E-state index in [9.17, 15) is 9.59 Å². The molecule has 26 heavy (non-hydrogen) atoms. The summed E-state index contributed by atoms with van der Waals surface area (Å²) < 4.78 is 15.9. The second kappa shape index (κ2) is 8.89. The van der Waals surface area contributed by atoms with Crippen molar-refractivity contribution in [1.29, 1.82) is 0 Å². The fourth-order valence-corrected chi connectivity index (χ4v) is 2.18. The number of nitrogens with one attached hydrogen (secondary N) is 1. The second-order valence-corrected chi connectivity index (χ2v) is 5.96. The Balaban J connectivity index is 2.01. The summed E-state index contributed by atoms with van der Waals surface area (Å²) in [4.78, 5) is 24.3. The third-order valence-electron chi connectivity index (χ3n) is 3.43. The minimum Gasteiger partial charge on any atom is -0.497 e. The first kappa shape index (κ1) is 19.3. The third-order valence-corrected chi connectivity index (χ3v) is 3.43. The molecule has 6 nitrogen and oxygen atoms in total. The highest BCUT2D eigenvalue weighted by Crippen LogP contribution is 2.20. The smallest absolute Gasteiger partial charge is 0.338 e. The lowest BCUT2D eigenvalue weighted by Gasteiger charge is -2.15. The van der Waals surface area contributed by atoms with Gasteiger partial charge in [0.05, 0.1) is 18.8 Å². The summed E-state index contributed by atoms with van der Waals surface area (Å²) >= 11 is 0. The number of benzene rings is 2. The van der Waals surface area contributed by atoms with Crippen molar-refractivity contribution in [2.45, 2.75) is 33.0 Å². The molecule has 2 aromatic carbocycles. The van der Waals surface area contributed by atoms with Gasteiger partial charge in [-0.3, -0.25) is 4.79 Å². The zero-order valence-electron chi connectivity index (χ0n) is 15.3. The van der Waals surface area contributed by atoms with Crippen LogP contribution in [0.15, 0.2) is 48.5 Å². The van der Waals surface area contributed by atoms with E-state index >= 15 is 0 Å². The van der Waals surface area contributed by atoms with Crippen LogP contribution in [0.5, 0.6) is 11.5 Å². The van der Waals surface area contributed by atoms with Gasteiger partial charge in [-0.25, -0.2) is 4.79 Å². The maximum absolute atomic E-state index is 12.3. The van der Waals surface area contributed by atoms with Gasteiger partial charge < -0.3 is 19.5 Å². The Morgan fingerprint density at radius 2 is 1.65 bits per heavy atom. The Labute approximate surface area is 153 Å². The highest BCUT2D eigenvalue weighted by atomic mass is 16.5. The first-order valence-corrected chi connectivity index (χ1v) is 8.31. The molecule has 1 amide bonds. The molecule has 0 bridgehead atoms. The zero-order valence-corrected chi connectivity index (χ0v) is 15.3. The van der Waals surface area contributed by atoms with Crippen molar-refractivity contribution in [2.24, 2.45) is 0 Å². The SMILES string of the molecule is COc1cccc(OC(C)C(=O)Nc2cccc(C(=O)OC(C)C)c2)c1. The number of carbonyl (C=O) groups excluding carboxylic acids is 2. The highest BCUT2D eigenvalue weighted by molar-refractivity contribution is 5.96. The predicted molar refractivity (Wildman–Crippen MR) is 98.7 cm³/mol. The van der Waals surface area contributed by atoms with Gasteiger partial charge in [-0.1, -0.05) is 12.1 Å². The van der Waals surface area contributed by atoms with Crippen LogP contribution in [0, 0.1) is 0 Å². The summed E-state index contributed by atoms with van der Waals surface area (Å²) in [5.41, 5.74) is 0.868. The summed E-state index contributed by atoms with van der Waals surface area (Å²) in [5.74, 6) is 0.409. The van der Waals surface area contributed by atoms with E-state index in [0.717, 1.165) is 0 Å². The number of carbonyl (C=O) groups is 2. The number of hydrogen-bond donors (Lipinski definition) is 1. The first-order chi connectivity index (χ1) is 12.4. The quantitative estimate of drug-likeness (QED) is 0.766. The average molecular weight is 357 g/mol. The van der Waals surface area contributed by atoms with E-state index in [1.165, 1.54) is 0 Å². The van der Waals surface area contributed by atoms with Crippen LogP contribution >= 0.6 is 0 Å². The van der Waals surface area contributed by atoms with Gasteiger partial charge in [-0.15, -0.1) is 0 Å². The maximum Gasteiger partial charge on any atom is 0.338 e. The Hall–Kier alpha value is -3.02. The van der Waals surface area contributed by atoms with E-state index < -0.39 is 12.1 Å². The van der Waals surface area contributed by atoms with Crippen molar-refractivity contribution in [2.75, 3.05) is 12.4 Å². The van der Waals surface area contributed by atoms with Gasteiger partial charge >= 0.3 is 5.97 Å². The summed E-state index contributed by atoms with van der Waals surface area (Å²) in [7, 11) is 1.56. The zero-order chi connectivity index (χ0) is 19.1. The Kier molecular flexibility index (Phi) is 6.60. The molecule has 0 aliphatic carbocycles. The summed E-state index contributed by atoms with van der Waals surface area (Å²) in [6.45, 7) is 5.20. The van der Waals surface area contributed by atoms with Crippen molar-refractivity contribution >= 4 is 17.6 Å². The molecule has 0 aliphatic heterocycles. The van der Waals surface area contributed by atoms with Crippen LogP contribution in [-0.2, 0) is 9.53 Å². The summed E-state index contributed by atoms with van der Waals surface area (Å²) in [6, 6.07) is 13.6. The fourth-order valence-electron chi connectivity index (χ4n) is 2.18. The van der Waals surface area contributed by atoms with E-state index in [-0.39, 0.29) is 12.0 Å². The molecule has 0 aliphatic rings. The Morgan fingerprint density at radius 1 is 0.962 bits per heavy atom. The van der Waals surface area contributed by atoms with Crippen molar-refractivity contribution in [3.8, 4) is 11.5 Å². The lowest BCUT2D eigenvalue weighted by atomic mass is 10.2. The molecule has 1 unspecified atom stereocenters. The van der Waals surface area contributed by atoms with E-state index in [1.807, 2.05) is 0 Å². The van der Waals surface area contributed by atoms with Crippen LogP contribution in [0.3, 0.4) is 0 Å². The molecule has 0 spiro atoms. The van der Waals surface area contributed by atoms with Gasteiger partial charge in [0.25, 0.3) is 5.91 Å². The minimum absolute atomic E-state index is 0.211. The third kappa shape index (κ3) is 5.51. The monoisotopic (exact) mass is 357 g/mol. The molecule has 1 N–H and O–H groups in total. The van der Waals surface area contributed by atoms with Crippen LogP contribution in [0.1, 0.15) is 31.1 Å². The molecule has 0 heterocycles. The molecular weight excluding hydrogens is 334 g/mol. The van der Waals surface area contributed by atoms with Gasteiger partial charge in [-0.05, 0) is 51.1 Å². The standard InChI is InChI=1S/C20H23NO5/c1-13(2)25-20(23)15-7-5-8-16(11-15)21-19(22)14(3)26-18-10-6-9-17(12-18)24-4/h5-14H,1-4H3,(H,21,22). The van der Waals surface area contributed by atoms with Crippen molar-refractivity contribution < 1.29 is 23.8 Å². The number of methoxy groups -OCH3 is 1. The molecule has 6 heteroatoms. The van der Waals surface area contributed by atoms with Crippen LogP contribution in [-0.4, -0.2) is 31.2 Å². The van der Waals surface area contributed by atoms with Crippen LogP contribution < -0.4 is 14.8 Å². The van der Waals surface area contributed by atoms with Crippen molar-refractivity contribution in [3.63, 3.8) is 0 Å². The van der Waals surface area contributed by atoms with Crippen LogP contribution in [0.4, 0.5) is 5.69 Å². The van der Waals surface area contributed by atoms with E-state index in [0.29, 0.717) is 22.7 Å². The Bertz CT molecular complexity index is 772. The molecule has 138 valence electrons. The lowest BCUT2D eigenvalue weighted by Crippen LogP contribution is -2.30. The van der Waals surface area contributed by atoms with E-state index in [4.69, 9.17) is 14.2 Å². The van der Waals surface area contributed by atoms with Gasteiger partial charge in [0.2, 0.25) is 0 Å². The normalized spacial score (nSPS) is 11.6. The van der Waals surface area contributed by atoms with Gasteiger partial charge in [0.1, 0.15) is 11.5 Å². The molecule has 0 saturated carbocycles. The summed E-state index contributed by atoms with van der Waals surface area (Å²) in [5, 5.41) is 2.74. The molecule has 2 aromatic rings. The van der Waals surface area contributed by atoms with Crippen LogP contribution in [0.2, 0.25) is 0 Å². The van der Waals surface area contributed by atoms with E-state index in [1.54, 1.807) is 76.4 Å². The Morgan fingerprint density at radius 3 is 2.35 bits per heavy atom. The van der Waals surface area contributed by atoms with Gasteiger partial charge in [-0.2, -0.15) is 0 Å². The maximum atomic E-state index is 12.3. The highest BCUT2D eigenvalue weighted by Gasteiger charge is 2.16. The van der Waals surface area contributed by atoms with Crippen molar-refractivity contribution in [3.05, 3.63) is 54.1 Å². The van der Waals surface area contributed by atoms with Gasteiger partial charge in [0, 0.05) is 11.8 Å². The number of esters is 1.